The van der Waals surface area contributed by atoms with Crippen LogP contribution in [-0.4, -0.2) is 0 Å². The van der Waals surface area contributed by atoms with Crippen LogP contribution in [0.1, 0.15) is 23.5 Å². The van der Waals surface area contributed by atoms with Gasteiger partial charge in [-0.2, -0.15) is 0 Å². The lowest BCUT2D eigenvalue weighted by Crippen LogP contribution is -1.84. The smallest absolute Gasteiger partial charge is 0.0156 e. The quantitative estimate of drug-likeness (QED) is 0.507. The molecule has 10 heavy (non-hydrogen) atoms. The number of benzene rings is 1. The van der Waals surface area contributed by atoms with Gasteiger partial charge in [0.1, 0.15) is 0 Å². The summed E-state index contributed by atoms with van der Waals surface area (Å²) in [5.41, 5.74) is 2.96. The maximum atomic E-state index is 4.08. The molecule has 0 amide bonds. The molecule has 0 saturated heterocycles. The Morgan fingerprint density at radius 3 is 2.90 bits per heavy atom. The molecular formula is C10H11. The second-order valence-electron chi connectivity index (χ2n) is 2.93. The zero-order valence-electron chi connectivity index (χ0n) is 6.01. The van der Waals surface area contributed by atoms with Crippen LogP contribution in [0.4, 0.5) is 0 Å². The van der Waals surface area contributed by atoms with Crippen molar-refractivity contribution in [3.63, 3.8) is 0 Å². The Labute approximate surface area is 61.9 Å². The van der Waals surface area contributed by atoms with Crippen molar-refractivity contribution in [2.75, 3.05) is 0 Å². The van der Waals surface area contributed by atoms with E-state index in [-0.39, 0.29) is 0 Å². The average molecular weight is 131 g/mol. The van der Waals surface area contributed by atoms with E-state index in [0.29, 0.717) is 5.92 Å². The number of fused-ring (bicyclic) bond motifs is 1. The summed E-state index contributed by atoms with van der Waals surface area (Å²) in [4.78, 5) is 0. The van der Waals surface area contributed by atoms with Crippen LogP contribution in [-0.2, 0) is 6.42 Å². The van der Waals surface area contributed by atoms with Gasteiger partial charge in [-0.05, 0) is 36.8 Å². The number of rotatable bonds is 0. The van der Waals surface area contributed by atoms with Crippen molar-refractivity contribution in [1.29, 1.82) is 0 Å². The van der Waals surface area contributed by atoms with E-state index < -0.39 is 0 Å². The molecule has 1 atom stereocenters. The zero-order chi connectivity index (χ0) is 6.97. The predicted octanol–water partition coefficient (Wildman–Crippen LogP) is 2.55. The lowest BCUT2D eigenvalue weighted by atomic mass is 10.0. The van der Waals surface area contributed by atoms with Gasteiger partial charge in [0.2, 0.25) is 0 Å². The molecule has 1 aromatic rings. The van der Waals surface area contributed by atoms with Crippen LogP contribution in [0.2, 0.25) is 0 Å². The summed E-state index contributed by atoms with van der Waals surface area (Å²) in [5, 5.41) is 0. The van der Waals surface area contributed by atoms with Gasteiger partial charge in [0.05, 0.1) is 0 Å². The molecule has 1 aliphatic rings. The van der Waals surface area contributed by atoms with E-state index in [1.807, 2.05) is 0 Å². The minimum Gasteiger partial charge on any atom is -0.0620 e. The van der Waals surface area contributed by atoms with E-state index in [0.717, 1.165) is 0 Å². The topological polar surface area (TPSA) is 0 Å². The van der Waals surface area contributed by atoms with Gasteiger partial charge in [0.15, 0.2) is 0 Å². The third kappa shape index (κ3) is 0.756. The minimum atomic E-state index is 0.552. The Bertz CT molecular complexity index is 238. The number of hydrogen-bond acceptors (Lipinski definition) is 0. The SMILES string of the molecule is [CH2]C1CCc2ccccc21. The minimum absolute atomic E-state index is 0.552. The summed E-state index contributed by atoms with van der Waals surface area (Å²) >= 11 is 0. The normalized spacial score (nSPS) is 22.7. The third-order valence-corrected chi connectivity index (χ3v) is 2.26. The van der Waals surface area contributed by atoms with Crippen molar-refractivity contribution in [3.05, 3.63) is 42.3 Å². The van der Waals surface area contributed by atoms with Gasteiger partial charge < -0.3 is 0 Å². The molecule has 0 aliphatic heterocycles. The highest BCUT2D eigenvalue weighted by molar-refractivity contribution is 5.35. The Morgan fingerprint density at radius 2 is 2.10 bits per heavy atom. The molecule has 1 unspecified atom stereocenters. The molecule has 0 aromatic heterocycles. The standard InChI is InChI=1S/C10H11/c1-8-6-7-9-4-2-3-5-10(8)9/h2-5,8H,1,6-7H2. The van der Waals surface area contributed by atoms with Crippen LogP contribution < -0.4 is 0 Å². The molecule has 0 spiro atoms. The number of aryl methyl sites for hydroxylation is 1. The highest BCUT2D eigenvalue weighted by atomic mass is 14.2. The van der Waals surface area contributed by atoms with E-state index in [2.05, 4.69) is 31.2 Å². The Kier molecular flexibility index (Phi) is 1.26. The van der Waals surface area contributed by atoms with Crippen LogP contribution in [0, 0.1) is 6.92 Å². The number of hydrogen-bond donors (Lipinski definition) is 0. The van der Waals surface area contributed by atoms with Crippen molar-refractivity contribution >= 4 is 0 Å². The van der Waals surface area contributed by atoms with E-state index >= 15 is 0 Å². The summed E-state index contributed by atoms with van der Waals surface area (Å²) in [6.45, 7) is 4.08. The largest absolute Gasteiger partial charge is 0.0620 e. The van der Waals surface area contributed by atoms with Crippen molar-refractivity contribution in [2.45, 2.75) is 18.8 Å². The molecule has 51 valence electrons. The van der Waals surface area contributed by atoms with Gasteiger partial charge in [-0.3, -0.25) is 0 Å². The van der Waals surface area contributed by atoms with Crippen LogP contribution in [0.25, 0.3) is 0 Å². The molecule has 0 heterocycles. The van der Waals surface area contributed by atoms with Gasteiger partial charge in [-0.15, -0.1) is 0 Å². The average Bonchev–Trinajstić information content (AvgIpc) is 2.34. The first-order valence-corrected chi connectivity index (χ1v) is 3.79. The van der Waals surface area contributed by atoms with E-state index in [1.54, 1.807) is 0 Å². The second-order valence-corrected chi connectivity index (χ2v) is 2.93. The molecule has 0 saturated carbocycles. The Balaban J connectivity index is 2.51. The molecular weight excluding hydrogens is 120 g/mol. The Morgan fingerprint density at radius 1 is 1.30 bits per heavy atom. The molecule has 0 heteroatoms. The molecule has 1 aliphatic carbocycles. The second kappa shape index (κ2) is 2.12. The first-order valence-electron chi connectivity index (χ1n) is 3.79. The fourth-order valence-corrected chi connectivity index (χ4v) is 1.65. The van der Waals surface area contributed by atoms with Crippen LogP contribution in [0.5, 0.6) is 0 Å². The summed E-state index contributed by atoms with van der Waals surface area (Å²) in [5.74, 6) is 0.552. The third-order valence-electron chi connectivity index (χ3n) is 2.26. The zero-order valence-corrected chi connectivity index (χ0v) is 6.01. The molecule has 0 nitrogen and oxygen atoms in total. The van der Waals surface area contributed by atoms with Crippen LogP contribution in [0.15, 0.2) is 24.3 Å². The molecule has 1 aromatic carbocycles. The van der Waals surface area contributed by atoms with Crippen molar-refractivity contribution in [3.8, 4) is 0 Å². The summed E-state index contributed by atoms with van der Waals surface area (Å²) in [7, 11) is 0. The lowest BCUT2D eigenvalue weighted by molar-refractivity contribution is 0.811. The fraction of sp³-hybridized carbons (Fsp3) is 0.300. The molecule has 1 radical (unpaired) electrons. The molecule has 0 bridgehead atoms. The fourth-order valence-electron chi connectivity index (χ4n) is 1.65. The van der Waals surface area contributed by atoms with Gasteiger partial charge in [-0.25, -0.2) is 0 Å². The van der Waals surface area contributed by atoms with Crippen LogP contribution in [0.3, 0.4) is 0 Å². The molecule has 2 rings (SSSR count). The van der Waals surface area contributed by atoms with Crippen molar-refractivity contribution in [2.24, 2.45) is 0 Å². The Hall–Kier alpha value is -0.780. The lowest BCUT2D eigenvalue weighted by Gasteiger charge is -2.01. The van der Waals surface area contributed by atoms with Crippen molar-refractivity contribution < 1.29 is 0 Å². The monoisotopic (exact) mass is 131 g/mol. The summed E-state index contributed by atoms with van der Waals surface area (Å²) in [6, 6.07) is 8.61. The maximum Gasteiger partial charge on any atom is -0.0156 e. The van der Waals surface area contributed by atoms with E-state index in [4.69, 9.17) is 0 Å². The highest BCUT2D eigenvalue weighted by Crippen LogP contribution is 2.31. The van der Waals surface area contributed by atoms with Gasteiger partial charge in [-0.1, -0.05) is 24.3 Å². The maximum absolute atomic E-state index is 4.08. The van der Waals surface area contributed by atoms with Gasteiger partial charge >= 0.3 is 0 Å². The first-order chi connectivity index (χ1) is 4.88. The first kappa shape index (κ1) is 5.96. The van der Waals surface area contributed by atoms with Crippen molar-refractivity contribution in [1.82, 2.24) is 0 Å². The van der Waals surface area contributed by atoms with Crippen LogP contribution >= 0.6 is 0 Å². The van der Waals surface area contributed by atoms with E-state index in [1.165, 1.54) is 24.0 Å². The summed E-state index contributed by atoms with van der Waals surface area (Å²) in [6.07, 6.45) is 2.46. The summed E-state index contributed by atoms with van der Waals surface area (Å²) < 4.78 is 0. The highest BCUT2D eigenvalue weighted by Gasteiger charge is 2.16. The molecule has 0 fully saturated rings. The van der Waals surface area contributed by atoms with E-state index in [9.17, 15) is 0 Å². The van der Waals surface area contributed by atoms with Gasteiger partial charge in [0.25, 0.3) is 0 Å². The molecule has 0 N–H and O–H groups in total. The van der Waals surface area contributed by atoms with Gasteiger partial charge in [0, 0.05) is 0 Å². The predicted molar refractivity (Wildman–Crippen MR) is 42.9 cm³/mol.